The predicted molar refractivity (Wildman–Crippen MR) is 72.5 cm³/mol. The van der Waals surface area contributed by atoms with Crippen LogP contribution in [-0.2, 0) is 6.54 Å². The monoisotopic (exact) mass is 258 g/mol. The average molecular weight is 258 g/mol. The summed E-state index contributed by atoms with van der Waals surface area (Å²) in [6.45, 7) is 5.89. The third-order valence-electron chi connectivity index (χ3n) is 2.53. The molecule has 1 N–H and O–H groups in total. The summed E-state index contributed by atoms with van der Waals surface area (Å²) in [5.41, 5.74) is 0. The Bertz CT molecular complexity index is 318. The maximum atomic E-state index is 5.59. The van der Waals surface area contributed by atoms with Gasteiger partial charge in [-0.25, -0.2) is 0 Å². The summed E-state index contributed by atoms with van der Waals surface area (Å²) < 4.78 is 5.59. The summed E-state index contributed by atoms with van der Waals surface area (Å²) in [5.74, 6) is 1.69. The smallest absolute Gasteiger partial charge is 0.318 e. The van der Waals surface area contributed by atoms with Gasteiger partial charge in [-0.3, -0.25) is 0 Å². The quantitative estimate of drug-likeness (QED) is 0.717. The molecule has 1 rings (SSSR count). The highest BCUT2D eigenvalue weighted by atomic mass is 32.2. The van der Waals surface area contributed by atoms with Crippen molar-refractivity contribution in [2.75, 3.05) is 30.5 Å². The summed E-state index contributed by atoms with van der Waals surface area (Å²) in [7, 11) is 1.98. The van der Waals surface area contributed by atoms with Gasteiger partial charge in [-0.05, 0) is 26.1 Å². The van der Waals surface area contributed by atoms with Gasteiger partial charge in [0.05, 0.1) is 6.54 Å². The number of anilines is 1. The van der Waals surface area contributed by atoms with Gasteiger partial charge in [-0.2, -0.15) is 11.8 Å². The molecule has 0 aliphatic rings. The van der Waals surface area contributed by atoms with Crippen LogP contribution in [-0.4, -0.2) is 41.8 Å². The molecule has 0 aromatic carbocycles. The molecule has 0 aliphatic heterocycles. The molecular formula is C11H22N4OS. The van der Waals surface area contributed by atoms with Crippen LogP contribution in [0.2, 0.25) is 0 Å². The first-order chi connectivity index (χ1) is 8.19. The molecule has 1 heterocycles. The predicted octanol–water partition coefficient (Wildman–Crippen LogP) is 1.76. The Hall–Kier alpha value is -0.750. The Morgan fingerprint density at radius 1 is 1.47 bits per heavy atom. The lowest BCUT2D eigenvalue weighted by atomic mass is 10.4. The van der Waals surface area contributed by atoms with Crippen molar-refractivity contribution >= 4 is 17.8 Å². The minimum absolute atomic E-state index is 0.391. The molecule has 0 radical (unpaired) electrons. The van der Waals surface area contributed by atoms with Gasteiger partial charge in [0.15, 0.2) is 0 Å². The Balaban J connectivity index is 2.48. The van der Waals surface area contributed by atoms with E-state index in [-0.39, 0.29) is 0 Å². The highest BCUT2D eigenvalue weighted by molar-refractivity contribution is 7.98. The number of thioether (sulfide) groups is 1. The van der Waals surface area contributed by atoms with E-state index < -0.39 is 0 Å². The Kier molecular flexibility index (Phi) is 6.36. The van der Waals surface area contributed by atoms with Crippen molar-refractivity contribution in [3.8, 4) is 0 Å². The van der Waals surface area contributed by atoms with E-state index in [4.69, 9.17) is 4.42 Å². The molecule has 0 spiro atoms. The van der Waals surface area contributed by atoms with Crippen molar-refractivity contribution in [2.45, 2.75) is 32.9 Å². The zero-order valence-electron chi connectivity index (χ0n) is 11.1. The molecule has 0 fully saturated rings. The number of nitrogens with one attached hydrogen (secondary N) is 1. The molecule has 1 aromatic heterocycles. The maximum absolute atomic E-state index is 5.59. The van der Waals surface area contributed by atoms with Crippen molar-refractivity contribution in [1.29, 1.82) is 0 Å². The minimum Gasteiger partial charge on any atom is -0.407 e. The van der Waals surface area contributed by atoms with E-state index >= 15 is 0 Å². The van der Waals surface area contributed by atoms with Gasteiger partial charge in [0.1, 0.15) is 0 Å². The molecule has 0 amide bonds. The van der Waals surface area contributed by atoms with Crippen molar-refractivity contribution in [3.05, 3.63) is 5.89 Å². The second-order valence-electron chi connectivity index (χ2n) is 4.07. The first-order valence-electron chi connectivity index (χ1n) is 5.93. The van der Waals surface area contributed by atoms with E-state index in [9.17, 15) is 0 Å². The Labute approximate surface area is 107 Å². The fourth-order valence-corrected chi connectivity index (χ4v) is 2.08. The van der Waals surface area contributed by atoms with E-state index in [0.717, 1.165) is 18.7 Å². The van der Waals surface area contributed by atoms with E-state index in [2.05, 4.69) is 35.6 Å². The standard InChI is InChI=1S/C11H22N4OS/c1-5-6-12-7-10-13-14-11(16-10)15(3)9(2)8-17-4/h9,12H,5-8H2,1-4H3. The number of hydrogen-bond acceptors (Lipinski definition) is 6. The van der Waals surface area contributed by atoms with Crippen LogP contribution in [0.5, 0.6) is 0 Å². The topological polar surface area (TPSA) is 54.2 Å². The van der Waals surface area contributed by atoms with Crippen LogP contribution in [0.4, 0.5) is 6.01 Å². The SMILES string of the molecule is CCCNCc1nnc(N(C)C(C)CSC)o1. The molecule has 0 bridgehead atoms. The minimum atomic E-state index is 0.391. The van der Waals surface area contributed by atoms with Gasteiger partial charge in [-0.15, -0.1) is 5.10 Å². The van der Waals surface area contributed by atoms with E-state index in [1.54, 1.807) is 0 Å². The second kappa shape index (κ2) is 7.55. The molecule has 17 heavy (non-hydrogen) atoms. The highest BCUT2D eigenvalue weighted by Gasteiger charge is 2.15. The van der Waals surface area contributed by atoms with Gasteiger partial charge in [-0.1, -0.05) is 12.0 Å². The summed E-state index contributed by atoms with van der Waals surface area (Å²) >= 11 is 1.81. The van der Waals surface area contributed by atoms with Crippen LogP contribution in [0.1, 0.15) is 26.2 Å². The van der Waals surface area contributed by atoms with Gasteiger partial charge in [0.25, 0.3) is 0 Å². The second-order valence-corrected chi connectivity index (χ2v) is 4.98. The Morgan fingerprint density at radius 3 is 2.88 bits per heavy atom. The molecule has 6 heteroatoms. The summed E-state index contributed by atoms with van der Waals surface area (Å²) in [4.78, 5) is 2.02. The number of rotatable bonds is 8. The maximum Gasteiger partial charge on any atom is 0.318 e. The number of aromatic nitrogens is 2. The summed E-state index contributed by atoms with van der Waals surface area (Å²) in [6, 6.07) is 0.988. The normalized spacial score (nSPS) is 12.7. The molecule has 0 aliphatic carbocycles. The molecule has 1 atom stereocenters. The average Bonchev–Trinajstić information content (AvgIpc) is 2.77. The van der Waals surface area contributed by atoms with Crippen molar-refractivity contribution in [2.24, 2.45) is 0 Å². The molecular weight excluding hydrogens is 236 g/mol. The first kappa shape index (κ1) is 14.3. The molecule has 1 unspecified atom stereocenters. The van der Waals surface area contributed by atoms with Crippen molar-refractivity contribution < 1.29 is 4.42 Å². The van der Waals surface area contributed by atoms with Gasteiger partial charge < -0.3 is 14.6 Å². The lowest BCUT2D eigenvalue weighted by Crippen LogP contribution is -2.31. The van der Waals surface area contributed by atoms with E-state index in [1.165, 1.54) is 0 Å². The van der Waals surface area contributed by atoms with Gasteiger partial charge in [0, 0.05) is 18.8 Å². The fourth-order valence-electron chi connectivity index (χ4n) is 1.37. The number of nitrogens with zero attached hydrogens (tertiary/aromatic N) is 3. The zero-order valence-corrected chi connectivity index (χ0v) is 11.9. The lowest BCUT2D eigenvalue weighted by Gasteiger charge is -2.21. The van der Waals surface area contributed by atoms with Gasteiger partial charge in [0.2, 0.25) is 5.89 Å². The van der Waals surface area contributed by atoms with Crippen LogP contribution >= 0.6 is 11.8 Å². The molecule has 0 saturated carbocycles. The van der Waals surface area contributed by atoms with Crippen LogP contribution in [0.3, 0.4) is 0 Å². The van der Waals surface area contributed by atoms with Crippen LogP contribution in [0.15, 0.2) is 4.42 Å². The molecule has 0 saturated heterocycles. The zero-order chi connectivity index (χ0) is 12.7. The fraction of sp³-hybridized carbons (Fsp3) is 0.818. The van der Waals surface area contributed by atoms with Crippen LogP contribution in [0.25, 0.3) is 0 Å². The largest absolute Gasteiger partial charge is 0.407 e. The molecule has 98 valence electrons. The number of hydrogen-bond donors (Lipinski definition) is 1. The Morgan fingerprint density at radius 2 is 2.24 bits per heavy atom. The van der Waals surface area contributed by atoms with Crippen molar-refractivity contribution in [1.82, 2.24) is 15.5 Å². The highest BCUT2D eigenvalue weighted by Crippen LogP contribution is 2.15. The molecule has 1 aromatic rings. The third-order valence-corrected chi connectivity index (χ3v) is 3.35. The van der Waals surface area contributed by atoms with Crippen molar-refractivity contribution in [3.63, 3.8) is 0 Å². The van der Waals surface area contributed by atoms with Crippen LogP contribution < -0.4 is 10.2 Å². The van der Waals surface area contributed by atoms with E-state index in [1.807, 2.05) is 23.7 Å². The lowest BCUT2D eigenvalue weighted by molar-refractivity contribution is 0.460. The van der Waals surface area contributed by atoms with Gasteiger partial charge >= 0.3 is 6.01 Å². The molecule has 5 nitrogen and oxygen atoms in total. The van der Waals surface area contributed by atoms with E-state index in [0.29, 0.717) is 24.5 Å². The van der Waals surface area contributed by atoms with Crippen LogP contribution in [0, 0.1) is 0 Å². The summed E-state index contributed by atoms with van der Waals surface area (Å²) in [5, 5.41) is 11.3. The third kappa shape index (κ3) is 4.55. The summed E-state index contributed by atoms with van der Waals surface area (Å²) in [6.07, 6.45) is 3.20. The first-order valence-corrected chi connectivity index (χ1v) is 7.33.